The second-order valence-corrected chi connectivity index (χ2v) is 7.08. The Morgan fingerprint density at radius 3 is 2.39 bits per heavy atom. The average molecular weight is 349 g/mol. The van der Waals surface area contributed by atoms with Crippen molar-refractivity contribution in [3.8, 4) is 0 Å². The molecule has 23 heavy (non-hydrogen) atoms. The lowest BCUT2D eigenvalue weighted by Gasteiger charge is -2.11. The number of nitrogens with one attached hydrogen (secondary N) is 1. The highest BCUT2D eigenvalue weighted by atomic mass is 32.2. The molecule has 0 aliphatic rings. The van der Waals surface area contributed by atoms with Gasteiger partial charge in [0, 0.05) is 11.0 Å². The Labute approximate surface area is 139 Å². The van der Waals surface area contributed by atoms with Crippen LogP contribution < -0.4 is 4.72 Å². The van der Waals surface area contributed by atoms with Crippen LogP contribution >= 0.6 is 11.8 Å². The molecular formula is C16H15NO4S2. The fourth-order valence-electron chi connectivity index (χ4n) is 1.86. The fourth-order valence-corrected chi connectivity index (χ4v) is 3.56. The van der Waals surface area contributed by atoms with E-state index in [4.69, 9.17) is 5.11 Å². The van der Waals surface area contributed by atoms with Gasteiger partial charge in [0.1, 0.15) is 0 Å². The van der Waals surface area contributed by atoms with Crippen molar-refractivity contribution in [2.24, 2.45) is 0 Å². The quantitative estimate of drug-likeness (QED) is 0.617. The molecule has 0 aliphatic carbocycles. The maximum Gasteiger partial charge on any atom is 0.328 e. The molecule has 0 aliphatic heterocycles. The highest BCUT2D eigenvalue weighted by molar-refractivity contribution is 7.99. The Bertz CT molecular complexity index is 827. The highest BCUT2D eigenvalue weighted by Gasteiger charge is 2.15. The van der Waals surface area contributed by atoms with E-state index in [-0.39, 0.29) is 4.90 Å². The van der Waals surface area contributed by atoms with Crippen molar-refractivity contribution in [1.82, 2.24) is 0 Å². The van der Waals surface area contributed by atoms with Crippen molar-refractivity contribution < 1.29 is 18.3 Å². The molecule has 2 aromatic rings. The normalized spacial score (nSPS) is 11.5. The molecule has 0 amide bonds. The lowest BCUT2D eigenvalue weighted by atomic mass is 10.2. The molecule has 0 unspecified atom stereocenters. The summed E-state index contributed by atoms with van der Waals surface area (Å²) in [7, 11) is -3.70. The average Bonchev–Trinajstić information content (AvgIpc) is 2.53. The van der Waals surface area contributed by atoms with Gasteiger partial charge in [0.25, 0.3) is 10.0 Å². The maximum atomic E-state index is 12.4. The van der Waals surface area contributed by atoms with Crippen molar-refractivity contribution in [2.75, 3.05) is 11.0 Å². The van der Waals surface area contributed by atoms with E-state index in [1.54, 1.807) is 24.3 Å². The molecule has 2 rings (SSSR count). The molecule has 0 radical (unpaired) electrons. The van der Waals surface area contributed by atoms with Crippen LogP contribution in [0.1, 0.15) is 5.56 Å². The Balaban J connectivity index is 2.24. The zero-order chi connectivity index (χ0) is 16.9. The van der Waals surface area contributed by atoms with Gasteiger partial charge in [-0.15, -0.1) is 11.8 Å². The molecule has 2 N–H and O–H groups in total. The second-order valence-electron chi connectivity index (χ2n) is 4.55. The number of carbonyl (C=O) groups is 1. The second kappa shape index (κ2) is 7.34. The predicted octanol–water partition coefficient (Wildman–Crippen LogP) is 3.31. The van der Waals surface area contributed by atoms with Gasteiger partial charge in [-0.25, -0.2) is 13.2 Å². The summed E-state index contributed by atoms with van der Waals surface area (Å²) < 4.78 is 27.4. The van der Waals surface area contributed by atoms with Crippen molar-refractivity contribution in [1.29, 1.82) is 0 Å². The van der Waals surface area contributed by atoms with E-state index in [1.165, 1.54) is 30.0 Å². The molecule has 0 saturated carbocycles. The van der Waals surface area contributed by atoms with E-state index in [9.17, 15) is 13.2 Å². The monoisotopic (exact) mass is 349 g/mol. The molecule has 0 spiro atoms. The molecule has 0 bridgehead atoms. The molecule has 5 nitrogen and oxygen atoms in total. The molecular weight excluding hydrogens is 334 g/mol. The summed E-state index contributed by atoms with van der Waals surface area (Å²) in [4.78, 5) is 11.4. The van der Waals surface area contributed by atoms with Crippen LogP contribution in [-0.4, -0.2) is 25.7 Å². The molecule has 0 fully saturated rings. The smallest absolute Gasteiger partial charge is 0.328 e. The summed E-state index contributed by atoms with van der Waals surface area (Å²) in [6.07, 6.45) is 4.27. The first-order valence-corrected chi connectivity index (χ1v) is 9.30. The first-order valence-electron chi connectivity index (χ1n) is 6.59. The van der Waals surface area contributed by atoms with Gasteiger partial charge in [-0.1, -0.05) is 24.3 Å². The lowest BCUT2D eigenvalue weighted by Crippen LogP contribution is -2.13. The fraction of sp³-hybridized carbons (Fsp3) is 0.0625. The number of hydrogen-bond acceptors (Lipinski definition) is 4. The van der Waals surface area contributed by atoms with E-state index in [2.05, 4.69) is 4.72 Å². The van der Waals surface area contributed by atoms with Crippen LogP contribution in [0.2, 0.25) is 0 Å². The Morgan fingerprint density at radius 1 is 1.13 bits per heavy atom. The first-order chi connectivity index (χ1) is 10.9. The molecule has 7 heteroatoms. The van der Waals surface area contributed by atoms with Crippen LogP contribution in [0.5, 0.6) is 0 Å². The highest BCUT2D eigenvalue weighted by Crippen LogP contribution is 2.27. The largest absolute Gasteiger partial charge is 0.478 e. The molecule has 0 aromatic heterocycles. The first kappa shape index (κ1) is 17.1. The number of carboxylic acids is 1. The number of sulfonamides is 1. The van der Waals surface area contributed by atoms with E-state index in [0.29, 0.717) is 11.3 Å². The number of carboxylic acid groups (broad SMARTS) is 1. The molecule has 0 atom stereocenters. The Morgan fingerprint density at radius 2 is 1.78 bits per heavy atom. The number of thioether (sulfide) groups is 1. The summed E-state index contributed by atoms with van der Waals surface area (Å²) in [6, 6.07) is 13.1. The standard InChI is InChI=1S/C16H15NO4S2/c1-22-15-5-3-2-4-14(15)17-23(20,21)13-9-6-12(7-10-13)8-11-16(18)19/h2-11,17H,1H3,(H,18,19)/b11-8+. The number of hydrogen-bond donors (Lipinski definition) is 2. The zero-order valence-corrected chi connectivity index (χ0v) is 13.9. The van der Waals surface area contributed by atoms with Crippen molar-refractivity contribution in [2.45, 2.75) is 9.79 Å². The molecule has 120 valence electrons. The molecule has 2 aromatic carbocycles. The number of para-hydroxylation sites is 1. The minimum Gasteiger partial charge on any atom is -0.478 e. The predicted molar refractivity (Wildman–Crippen MR) is 92.1 cm³/mol. The van der Waals surface area contributed by atoms with Gasteiger partial charge in [0.15, 0.2) is 0 Å². The van der Waals surface area contributed by atoms with Gasteiger partial charge >= 0.3 is 5.97 Å². The van der Waals surface area contributed by atoms with Crippen LogP contribution in [0.25, 0.3) is 6.08 Å². The van der Waals surface area contributed by atoms with Gasteiger partial charge in [0.05, 0.1) is 10.6 Å². The minimum atomic E-state index is -3.70. The van der Waals surface area contributed by atoms with E-state index in [0.717, 1.165) is 11.0 Å². The Kier molecular flexibility index (Phi) is 5.46. The van der Waals surface area contributed by atoms with Crippen molar-refractivity contribution >= 4 is 39.5 Å². The topological polar surface area (TPSA) is 83.5 Å². The van der Waals surface area contributed by atoms with Crippen molar-refractivity contribution in [3.63, 3.8) is 0 Å². The molecule has 0 heterocycles. The summed E-state index contributed by atoms with van der Waals surface area (Å²) >= 11 is 1.45. The van der Waals surface area contributed by atoms with Crippen LogP contribution in [0.4, 0.5) is 5.69 Å². The van der Waals surface area contributed by atoms with Gasteiger partial charge in [-0.2, -0.15) is 0 Å². The van der Waals surface area contributed by atoms with Crippen molar-refractivity contribution in [3.05, 3.63) is 60.2 Å². The lowest BCUT2D eigenvalue weighted by molar-refractivity contribution is -0.131. The number of anilines is 1. The summed E-state index contributed by atoms with van der Waals surface area (Å²) in [5.74, 6) is -1.06. The number of benzene rings is 2. The maximum absolute atomic E-state index is 12.4. The third-order valence-corrected chi connectivity index (χ3v) is 5.14. The van der Waals surface area contributed by atoms with E-state index in [1.807, 2.05) is 18.4 Å². The van der Waals surface area contributed by atoms with Gasteiger partial charge in [-0.3, -0.25) is 4.72 Å². The van der Waals surface area contributed by atoms with Crippen LogP contribution in [0, 0.1) is 0 Å². The van der Waals surface area contributed by atoms with Crippen LogP contribution in [0.3, 0.4) is 0 Å². The minimum absolute atomic E-state index is 0.112. The molecule has 0 saturated heterocycles. The van der Waals surface area contributed by atoms with E-state index >= 15 is 0 Å². The SMILES string of the molecule is CSc1ccccc1NS(=O)(=O)c1ccc(/C=C/C(=O)O)cc1. The van der Waals surface area contributed by atoms with E-state index < -0.39 is 16.0 Å². The number of aliphatic carboxylic acids is 1. The van der Waals surface area contributed by atoms with Gasteiger partial charge < -0.3 is 5.11 Å². The van der Waals surface area contributed by atoms with Crippen LogP contribution in [0.15, 0.2) is 64.4 Å². The Hall–Kier alpha value is -2.25. The summed E-state index contributed by atoms with van der Waals surface area (Å²) in [5.41, 5.74) is 1.13. The van der Waals surface area contributed by atoms with Crippen LogP contribution in [-0.2, 0) is 14.8 Å². The van der Waals surface area contributed by atoms with Gasteiger partial charge in [0.2, 0.25) is 0 Å². The van der Waals surface area contributed by atoms with Gasteiger partial charge in [-0.05, 0) is 42.2 Å². The summed E-state index contributed by atoms with van der Waals surface area (Å²) in [5, 5.41) is 8.58. The zero-order valence-electron chi connectivity index (χ0n) is 12.3. The third-order valence-electron chi connectivity index (χ3n) is 2.96. The third kappa shape index (κ3) is 4.61. The number of rotatable bonds is 6. The summed E-state index contributed by atoms with van der Waals surface area (Å²) in [6.45, 7) is 0.